The third kappa shape index (κ3) is 4.51. The molecule has 2 fully saturated rings. The number of fused-ring (bicyclic) bond motifs is 2. The second-order valence-electron chi connectivity index (χ2n) is 12.2. The third-order valence-electron chi connectivity index (χ3n) is 8.39. The highest BCUT2D eigenvalue weighted by Crippen LogP contribution is 2.39. The molecule has 1 saturated carbocycles. The summed E-state index contributed by atoms with van der Waals surface area (Å²) < 4.78 is 1.91. The first-order chi connectivity index (χ1) is 18.3. The van der Waals surface area contributed by atoms with Gasteiger partial charge in [0.05, 0.1) is 6.04 Å². The Morgan fingerprint density at radius 2 is 1.63 bits per heavy atom. The summed E-state index contributed by atoms with van der Waals surface area (Å²) in [5.74, 6) is 2.08. The molecule has 1 aliphatic heterocycles. The van der Waals surface area contributed by atoms with Crippen LogP contribution in [0.4, 0.5) is 5.95 Å². The van der Waals surface area contributed by atoms with E-state index in [0.29, 0.717) is 17.2 Å². The zero-order valence-corrected chi connectivity index (χ0v) is 22.8. The molecule has 2 aromatic heterocycles. The Morgan fingerprint density at radius 1 is 0.947 bits per heavy atom. The van der Waals surface area contributed by atoms with Gasteiger partial charge in [0.25, 0.3) is 5.56 Å². The van der Waals surface area contributed by atoms with Gasteiger partial charge in [0.2, 0.25) is 5.95 Å². The number of hydrogen-bond acceptors (Lipinski definition) is 5. The van der Waals surface area contributed by atoms with Gasteiger partial charge in [0.15, 0.2) is 0 Å². The molecule has 0 amide bonds. The van der Waals surface area contributed by atoms with E-state index >= 15 is 0 Å². The van der Waals surface area contributed by atoms with E-state index in [-0.39, 0.29) is 17.0 Å². The van der Waals surface area contributed by atoms with Crippen LogP contribution in [0, 0.1) is 24.2 Å². The number of hydrogen-bond donors (Lipinski definition) is 1. The molecule has 2 aliphatic rings. The third-order valence-corrected chi connectivity index (χ3v) is 8.39. The monoisotopic (exact) mass is 507 g/mol. The summed E-state index contributed by atoms with van der Waals surface area (Å²) in [6, 6.07) is 20.1. The zero-order valence-electron chi connectivity index (χ0n) is 22.8. The summed E-state index contributed by atoms with van der Waals surface area (Å²) in [6.07, 6.45) is 5.84. The fraction of sp³-hybridized carbons (Fsp3) is 0.406. The molecule has 3 unspecified atom stereocenters. The predicted molar refractivity (Wildman–Crippen MR) is 154 cm³/mol. The molecule has 196 valence electrons. The number of aromatic nitrogens is 3. The Labute approximate surface area is 224 Å². The fourth-order valence-corrected chi connectivity index (χ4v) is 6.62. The predicted octanol–water partition coefficient (Wildman–Crippen LogP) is 6.46. The van der Waals surface area contributed by atoms with Gasteiger partial charge in [-0.05, 0) is 59.8 Å². The van der Waals surface area contributed by atoms with E-state index in [2.05, 4.69) is 56.3 Å². The van der Waals surface area contributed by atoms with Crippen molar-refractivity contribution in [1.82, 2.24) is 19.5 Å². The normalized spacial score (nSPS) is 20.5. The minimum Gasteiger partial charge on any atom is -0.287 e. The lowest BCUT2D eigenvalue weighted by atomic mass is 9.81. The van der Waals surface area contributed by atoms with Crippen LogP contribution in [0.25, 0.3) is 22.2 Å². The Morgan fingerprint density at radius 3 is 2.32 bits per heavy atom. The summed E-state index contributed by atoms with van der Waals surface area (Å²) in [4.78, 5) is 24.2. The summed E-state index contributed by atoms with van der Waals surface area (Å²) in [7, 11) is 0. The highest BCUT2D eigenvalue weighted by Gasteiger charge is 2.36. The van der Waals surface area contributed by atoms with Crippen LogP contribution in [0.5, 0.6) is 0 Å². The number of aryl methyl sites for hydroxylation is 1. The van der Waals surface area contributed by atoms with Gasteiger partial charge < -0.3 is 0 Å². The van der Waals surface area contributed by atoms with Crippen molar-refractivity contribution in [3.05, 3.63) is 88.3 Å². The van der Waals surface area contributed by atoms with Gasteiger partial charge >= 0.3 is 0 Å². The number of nitrogens with zero attached hydrogens (tertiary/aromatic N) is 4. The average Bonchev–Trinajstić information content (AvgIpc) is 3.48. The van der Waals surface area contributed by atoms with E-state index in [1.54, 1.807) is 0 Å². The molecule has 1 N–H and O–H groups in total. The van der Waals surface area contributed by atoms with Gasteiger partial charge in [0.1, 0.15) is 5.65 Å². The van der Waals surface area contributed by atoms with E-state index in [0.717, 1.165) is 47.0 Å². The lowest BCUT2D eigenvalue weighted by Gasteiger charge is -2.34. The van der Waals surface area contributed by atoms with Crippen LogP contribution >= 0.6 is 0 Å². The maximum absolute atomic E-state index is 14.5. The van der Waals surface area contributed by atoms with Gasteiger partial charge in [0, 0.05) is 30.2 Å². The van der Waals surface area contributed by atoms with Crippen LogP contribution in [-0.2, 0) is 0 Å². The standard InChI is InChI=1S/C32H37N5O/c1-21-11-8-9-16-26(21)27-17-25-18-33-31(35-36-19-23-14-10-15-24(23)20-36)34-29(25)37(30(27)38)28(32(2,3)4)22-12-6-5-7-13-22/h5-9,11-13,16-18,23-24,28H,10,14-15,19-20H2,1-4H3,(H,33,34,35). The number of nitrogens with one attached hydrogen (secondary N) is 1. The van der Waals surface area contributed by atoms with Crippen molar-refractivity contribution >= 4 is 17.0 Å². The Hall–Kier alpha value is -3.51. The minimum atomic E-state index is -0.243. The van der Waals surface area contributed by atoms with Gasteiger partial charge in [-0.1, -0.05) is 81.8 Å². The molecule has 6 rings (SSSR count). The van der Waals surface area contributed by atoms with Gasteiger partial charge in [-0.15, -0.1) is 0 Å². The molecule has 4 aromatic rings. The molecular weight excluding hydrogens is 470 g/mol. The first-order valence-electron chi connectivity index (χ1n) is 13.8. The lowest BCUT2D eigenvalue weighted by Crippen LogP contribution is -2.35. The van der Waals surface area contributed by atoms with Gasteiger partial charge in [-0.3, -0.25) is 14.8 Å². The second kappa shape index (κ2) is 9.66. The molecule has 1 aliphatic carbocycles. The molecular formula is C32H37N5O. The van der Waals surface area contributed by atoms with Crippen molar-refractivity contribution in [2.45, 2.75) is 53.0 Å². The van der Waals surface area contributed by atoms with Crippen molar-refractivity contribution in [3.8, 4) is 11.1 Å². The molecule has 3 heterocycles. The van der Waals surface area contributed by atoms with Crippen LogP contribution in [-0.4, -0.2) is 32.6 Å². The van der Waals surface area contributed by atoms with Crippen LogP contribution < -0.4 is 11.0 Å². The van der Waals surface area contributed by atoms with E-state index < -0.39 is 0 Å². The first kappa shape index (κ1) is 24.8. The molecule has 0 radical (unpaired) electrons. The molecule has 0 bridgehead atoms. The van der Waals surface area contributed by atoms with Crippen LogP contribution in [0.15, 0.2) is 71.7 Å². The first-order valence-corrected chi connectivity index (χ1v) is 13.8. The van der Waals surface area contributed by atoms with Crippen LogP contribution in [0.2, 0.25) is 0 Å². The van der Waals surface area contributed by atoms with Gasteiger partial charge in [-0.2, -0.15) is 4.98 Å². The zero-order chi connectivity index (χ0) is 26.4. The average molecular weight is 508 g/mol. The van der Waals surface area contributed by atoms with Crippen molar-refractivity contribution in [2.75, 3.05) is 18.5 Å². The van der Waals surface area contributed by atoms with E-state index in [4.69, 9.17) is 9.97 Å². The largest absolute Gasteiger partial charge is 0.287 e. The fourth-order valence-electron chi connectivity index (χ4n) is 6.62. The smallest absolute Gasteiger partial charge is 0.260 e. The second-order valence-corrected chi connectivity index (χ2v) is 12.2. The number of rotatable bonds is 5. The van der Waals surface area contributed by atoms with Gasteiger partial charge in [-0.25, -0.2) is 9.99 Å². The topological polar surface area (TPSA) is 63.1 Å². The van der Waals surface area contributed by atoms with Crippen molar-refractivity contribution < 1.29 is 0 Å². The minimum absolute atomic E-state index is 0.0315. The Kier molecular flexibility index (Phi) is 6.31. The van der Waals surface area contributed by atoms with Crippen LogP contribution in [0.1, 0.15) is 57.2 Å². The Bertz CT molecular complexity index is 1510. The maximum atomic E-state index is 14.5. The number of benzene rings is 2. The van der Waals surface area contributed by atoms with Crippen LogP contribution in [0.3, 0.4) is 0 Å². The number of pyridine rings is 1. The molecule has 6 heteroatoms. The SMILES string of the molecule is Cc1ccccc1-c1cc2cnc(NN3CC4CCCC4C3)nc2n(C(c2ccccc2)C(C)(C)C)c1=O. The molecule has 6 nitrogen and oxygen atoms in total. The maximum Gasteiger partial charge on any atom is 0.260 e. The molecule has 2 aromatic carbocycles. The highest BCUT2D eigenvalue weighted by molar-refractivity contribution is 5.82. The van der Waals surface area contributed by atoms with E-state index in [1.165, 1.54) is 19.3 Å². The number of hydrazine groups is 1. The summed E-state index contributed by atoms with van der Waals surface area (Å²) in [6.45, 7) is 10.7. The molecule has 38 heavy (non-hydrogen) atoms. The summed E-state index contributed by atoms with van der Waals surface area (Å²) in [5.41, 5.74) is 7.64. The molecule has 3 atom stereocenters. The van der Waals surface area contributed by atoms with Crippen molar-refractivity contribution in [2.24, 2.45) is 17.3 Å². The summed E-state index contributed by atoms with van der Waals surface area (Å²) >= 11 is 0. The van der Waals surface area contributed by atoms with Crippen molar-refractivity contribution in [3.63, 3.8) is 0 Å². The lowest BCUT2D eigenvalue weighted by molar-refractivity contribution is 0.283. The Balaban J connectivity index is 1.54. The van der Waals surface area contributed by atoms with Crippen molar-refractivity contribution in [1.29, 1.82) is 0 Å². The van der Waals surface area contributed by atoms with E-state index in [1.807, 2.05) is 53.2 Å². The molecule has 0 spiro atoms. The highest BCUT2D eigenvalue weighted by atomic mass is 16.1. The summed E-state index contributed by atoms with van der Waals surface area (Å²) in [5, 5.41) is 3.12. The quantitative estimate of drug-likeness (QED) is 0.336. The van der Waals surface area contributed by atoms with E-state index in [9.17, 15) is 4.79 Å². The molecule has 1 saturated heterocycles. The number of anilines is 1.